The lowest BCUT2D eigenvalue weighted by Crippen LogP contribution is -2.23. The van der Waals surface area contributed by atoms with Crippen molar-refractivity contribution < 1.29 is 9.53 Å². The number of ether oxygens (including phenoxy) is 1. The molecule has 84 valence electrons. The van der Waals surface area contributed by atoms with Crippen LogP contribution in [0.2, 0.25) is 0 Å². The number of hydrogen-bond donors (Lipinski definition) is 1. The highest BCUT2D eigenvalue weighted by molar-refractivity contribution is 5.67. The molecule has 15 heavy (non-hydrogen) atoms. The Morgan fingerprint density at radius 3 is 2.40 bits per heavy atom. The molecule has 0 saturated heterocycles. The van der Waals surface area contributed by atoms with Gasteiger partial charge in [-0.3, -0.25) is 0 Å². The van der Waals surface area contributed by atoms with Gasteiger partial charge in [0.2, 0.25) is 0 Å². The molecule has 0 atom stereocenters. The van der Waals surface area contributed by atoms with Gasteiger partial charge in [0.15, 0.2) is 0 Å². The highest BCUT2D eigenvalue weighted by Crippen LogP contribution is 1.97. The SMILES string of the molecule is CC.CCOC(=O)NCc1ccccc1. The maximum absolute atomic E-state index is 10.9. The van der Waals surface area contributed by atoms with Crippen LogP contribution in [0.3, 0.4) is 0 Å². The summed E-state index contributed by atoms with van der Waals surface area (Å²) in [5.74, 6) is 0. The topological polar surface area (TPSA) is 38.3 Å². The maximum Gasteiger partial charge on any atom is 0.407 e. The Balaban J connectivity index is 0.000000921. The fourth-order valence-corrected chi connectivity index (χ4v) is 0.952. The fraction of sp³-hybridized carbons (Fsp3) is 0.417. The van der Waals surface area contributed by atoms with Crippen molar-refractivity contribution in [3.63, 3.8) is 0 Å². The summed E-state index contributed by atoms with van der Waals surface area (Å²) in [6.07, 6.45) is -0.369. The highest BCUT2D eigenvalue weighted by Gasteiger charge is 1.98. The lowest BCUT2D eigenvalue weighted by Gasteiger charge is -2.04. The van der Waals surface area contributed by atoms with Crippen LogP contribution in [0.5, 0.6) is 0 Å². The molecule has 0 fully saturated rings. The molecule has 3 heteroatoms. The molecular formula is C12H19NO2. The first-order chi connectivity index (χ1) is 7.33. The standard InChI is InChI=1S/C10H13NO2.C2H6/c1-2-13-10(12)11-8-9-6-4-3-5-7-9;1-2/h3-7H,2,8H2,1H3,(H,11,12);1-2H3. The zero-order valence-corrected chi connectivity index (χ0v) is 9.62. The van der Waals surface area contributed by atoms with Crippen LogP contribution in [-0.4, -0.2) is 12.7 Å². The van der Waals surface area contributed by atoms with Crippen LogP contribution in [0, 0.1) is 0 Å². The molecule has 0 aliphatic heterocycles. The summed E-state index contributed by atoms with van der Waals surface area (Å²) in [6, 6.07) is 9.71. The molecule has 0 aliphatic carbocycles. The van der Waals surface area contributed by atoms with Crippen molar-refractivity contribution in [3.05, 3.63) is 35.9 Å². The van der Waals surface area contributed by atoms with Crippen LogP contribution in [0.25, 0.3) is 0 Å². The Morgan fingerprint density at radius 1 is 1.27 bits per heavy atom. The summed E-state index contributed by atoms with van der Waals surface area (Å²) in [5, 5.41) is 2.64. The van der Waals surface area contributed by atoms with Gasteiger partial charge in [-0.25, -0.2) is 4.79 Å². The molecule has 1 N–H and O–H groups in total. The number of amides is 1. The van der Waals surface area contributed by atoms with Gasteiger partial charge in [-0.15, -0.1) is 0 Å². The van der Waals surface area contributed by atoms with Gasteiger partial charge in [-0.05, 0) is 12.5 Å². The molecule has 0 unspecified atom stereocenters. The second-order valence-electron chi connectivity index (χ2n) is 2.56. The van der Waals surface area contributed by atoms with Crippen molar-refractivity contribution in [1.82, 2.24) is 5.32 Å². The van der Waals surface area contributed by atoms with Crippen LogP contribution in [0.4, 0.5) is 4.79 Å². The predicted molar refractivity (Wildman–Crippen MR) is 61.7 cm³/mol. The van der Waals surface area contributed by atoms with Crippen LogP contribution in [-0.2, 0) is 11.3 Å². The van der Waals surface area contributed by atoms with Crippen LogP contribution in [0.15, 0.2) is 30.3 Å². The first kappa shape index (κ1) is 13.5. The van der Waals surface area contributed by atoms with Gasteiger partial charge in [0, 0.05) is 6.54 Å². The fourth-order valence-electron chi connectivity index (χ4n) is 0.952. The van der Waals surface area contributed by atoms with E-state index in [0.29, 0.717) is 13.2 Å². The van der Waals surface area contributed by atoms with E-state index in [-0.39, 0.29) is 6.09 Å². The van der Waals surface area contributed by atoms with Gasteiger partial charge in [-0.2, -0.15) is 0 Å². The second-order valence-corrected chi connectivity index (χ2v) is 2.56. The molecule has 0 bridgehead atoms. The number of benzene rings is 1. The van der Waals surface area contributed by atoms with Crippen molar-refractivity contribution in [2.75, 3.05) is 6.61 Å². The van der Waals surface area contributed by atoms with E-state index in [9.17, 15) is 4.79 Å². The molecule has 1 aromatic carbocycles. The average molecular weight is 209 g/mol. The van der Waals surface area contributed by atoms with E-state index >= 15 is 0 Å². The van der Waals surface area contributed by atoms with E-state index in [1.54, 1.807) is 6.92 Å². The van der Waals surface area contributed by atoms with E-state index in [1.165, 1.54) is 0 Å². The Morgan fingerprint density at radius 2 is 1.87 bits per heavy atom. The molecule has 1 rings (SSSR count). The van der Waals surface area contributed by atoms with Gasteiger partial charge in [0.05, 0.1) is 6.61 Å². The molecule has 3 nitrogen and oxygen atoms in total. The lowest BCUT2D eigenvalue weighted by atomic mass is 10.2. The summed E-state index contributed by atoms with van der Waals surface area (Å²) in [4.78, 5) is 10.9. The van der Waals surface area contributed by atoms with E-state index in [1.807, 2.05) is 44.2 Å². The first-order valence-electron chi connectivity index (χ1n) is 5.27. The highest BCUT2D eigenvalue weighted by atomic mass is 16.5. The minimum absolute atomic E-state index is 0.369. The quantitative estimate of drug-likeness (QED) is 0.831. The van der Waals surface area contributed by atoms with Gasteiger partial charge in [0.25, 0.3) is 0 Å². The minimum atomic E-state index is -0.369. The summed E-state index contributed by atoms with van der Waals surface area (Å²) in [5.41, 5.74) is 1.07. The minimum Gasteiger partial charge on any atom is -0.450 e. The Kier molecular flexibility index (Phi) is 8.15. The number of carbonyl (C=O) groups is 1. The number of hydrogen-bond acceptors (Lipinski definition) is 2. The Labute approximate surface area is 91.5 Å². The Bertz CT molecular complexity index is 260. The van der Waals surface area contributed by atoms with Crippen molar-refractivity contribution in [2.45, 2.75) is 27.3 Å². The third-order valence-corrected chi connectivity index (χ3v) is 1.56. The third kappa shape index (κ3) is 6.55. The largest absolute Gasteiger partial charge is 0.450 e. The number of alkyl carbamates (subject to hydrolysis) is 1. The monoisotopic (exact) mass is 209 g/mol. The molecule has 0 aliphatic rings. The molecule has 0 saturated carbocycles. The maximum atomic E-state index is 10.9. The molecule has 1 amide bonds. The molecule has 0 spiro atoms. The van der Waals surface area contributed by atoms with E-state index in [0.717, 1.165) is 5.56 Å². The number of nitrogens with one attached hydrogen (secondary N) is 1. The Hall–Kier alpha value is -1.51. The van der Waals surface area contributed by atoms with Crippen molar-refractivity contribution >= 4 is 6.09 Å². The van der Waals surface area contributed by atoms with Crippen molar-refractivity contribution in [2.24, 2.45) is 0 Å². The third-order valence-electron chi connectivity index (χ3n) is 1.56. The van der Waals surface area contributed by atoms with E-state index in [2.05, 4.69) is 5.32 Å². The van der Waals surface area contributed by atoms with Gasteiger partial charge >= 0.3 is 6.09 Å². The van der Waals surface area contributed by atoms with Gasteiger partial charge in [-0.1, -0.05) is 44.2 Å². The molecule has 0 heterocycles. The van der Waals surface area contributed by atoms with Gasteiger partial charge < -0.3 is 10.1 Å². The molecule has 1 aromatic rings. The summed E-state index contributed by atoms with van der Waals surface area (Å²) < 4.78 is 4.71. The second kappa shape index (κ2) is 9.06. The molecular weight excluding hydrogens is 190 g/mol. The van der Waals surface area contributed by atoms with Crippen molar-refractivity contribution in [1.29, 1.82) is 0 Å². The predicted octanol–water partition coefficient (Wildman–Crippen LogP) is 2.96. The van der Waals surface area contributed by atoms with Gasteiger partial charge in [0.1, 0.15) is 0 Å². The summed E-state index contributed by atoms with van der Waals surface area (Å²) in [7, 11) is 0. The number of carbonyl (C=O) groups excluding carboxylic acids is 1. The van der Waals surface area contributed by atoms with Crippen molar-refractivity contribution in [3.8, 4) is 0 Å². The smallest absolute Gasteiger partial charge is 0.407 e. The zero-order valence-electron chi connectivity index (χ0n) is 9.62. The van der Waals surface area contributed by atoms with E-state index < -0.39 is 0 Å². The first-order valence-corrected chi connectivity index (χ1v) is 5.27. The summed E-state index contributed by atoms with van der Waals surface area (Å²) in [6.45, 7) is 6.70. The van der Waals surface area contributed by atoms with Crippen LogP contribution in [0.1, 0.15) is 26.3 Å². The summed E-state index contributed by atoms with van der Waals surface area (Å²) >= 11 is 0. The normalized spacial score (nSPS) is 8.47. The van der Waals surface area contributed by atoms with E-state index in [4.69, 9.17) is 4.74 Å². The lowest BCUT2D eigenvalue weighted by molar-refractivity contribution is 0.151. The van der Waals surface area contributed by atoms with Crippen LogP contribution >= 0.6 is 0 Å². The van der Waals surface area contributed by atoms with Crippen LogP contribution < -0.4 is 5.32 Å². The molecule has 0 radical (unpaired) electrons. The zero-order chi connectivity index (χ0) is 11.5. The molecule has 0 aromatic heterocycles. The number of rotatable bonds is 3. The average Bonchev–Trinajstić information content (AvgIpc) is 2.31.